The lowest BCUT2D eigenvalue weighted by molar-refractivity contribution is 0.128. The average molecular weight is 431 g/mol. The highest BCUT2D eigenvalue weighted by molar-refractivity contribution is 7.85. The van der Waals surface area contributed by atoms with E-state index in [1.54, 1.807) is 0 Å². The Hall–Kier alpha value is -0.560. The third-order valence-electron chi connectivity index (χ3n) is 4.87. The van der Waals surface area contributed by atoms with E-state index in [2.05, 4.69) is 16.7 Å². The molecule has 1 aromatic rings. The Morgan fingerprint density at radius 1 is 1.04 bits per heavy atom. The van der Waals surface area contributed by atoms with Crippen molar-refractivity contribution in [3.05, 3.63) is 30.3 Å². The van der Waals surface area contributed by atoms with Crippen LogP contribution in [-0.4, -0.2) is 72.0 Å². The van der Waals surface area contributed by atoms with Crippen LogP contribution in [0.15, 0.2) is 35.2 Å². The van der Waals surface area contributed by atoms with E-state index >= 15 is 0 Å². The number of hydrogen-bond donors (Lipinski definition) is 0. The molecular weight excluding hydrogens is 395 g/mol. The van der Waals surface area contributed by atoms with E-state index < -0.39 is 18.4 Å². The van der Waals surface area contributed by atoms with E-state index in [1.807, 2.05) is 44.2 Å². The number of nitrogens with zero attached hydrogens (tertiary/aromatic N) is 2. The Kier molecular flexibility index (Phi) is 10.3. The fourth-order valence-electron chi connectivity index (χ4n) is 3.32. The van der Waals surface area contributed by atoms with Crippen LogP contribution in [0.1, 0.15) is 27.2 Å². The van der Waals surface area contributed by atoms with Crippen molar-refractivity contribution in [1.29, 1.82) is 0 Å². The molecule has 2 rings (SSSR count). The van der Waals surface area contributed by atoms with Gasteiger partial charge in [0.05, 0.1) is 24.0 Å². The van der Waals surface area contributed by atoms with Crippen LogP contribution in [0.5, 0.6) is 0 Å². The van der Waals surface area contributed by atoms with Crippen molar-refractivity contribution < 1.29 is 17.8 Å². The van der Waals surface area contributed by atoms with Crippen LogP contribution in [0.4, 0.5) is 0 Å². The molecule has 0 bridgehead atoms. The molecule has 1 aromatic carbocycles. The summed E-state index contributed by atoms with van der Waals surface area (Å²) >= 11 is 0. The van der Waals surface area contributed by atoms with Gasteiger partial charge in [-0.3, -0.25) is 13.7 Å². The first kappa shape index (κ1) is 23.7. The van der Waals surface area contributed by atoms with Crippen LogP contribution in [-0.2, 0) is 24.4 Å². The first-order chi connectivity index (χ1) is 13.5. The van der Waals surface area contributed by atoms with Crippen molar-refractivity contribution >= 4 is 18.4 Å². The minimum absolute atomic E-state index is 0.370. The third-order valence-corrected chi connectivity index (χ3v) is 8.59. The molecule has 0 saturated carbocycles. The van der Waals surface area contributed by atoms with Crippen LogP contribution in [0.25, 0.3) is 0 Å². The molecule has 0 N–H and O–H groups in total. The molecule has 1 fully saturated rings. The normalized spacial score (nSPS) is 18.8. The van der Waals surface area contributed by atoms with Gasteiger partial charge in [-0.15, -0.1) is 0 Å². The molecule has 0 aliphatic carbocycles. The Morgan fingerprint density at radius 3 is 2.18 bits per heavy atom. The summed E-state index contributed by atoms with van der Waals surface area (Å²) in [6, 6.07) is 9.70. The molecular formula is C20H35N2O4PS. The highest BCUT2D eigenvalue weighted by Gasteiger charge is 2.29. The Morgan fingerprint density at radius 2 is 1.61 bits per heavy atom. The molecule has 0 spiro atoms. The molecule has 1 aliphatic rings. The second-order valence-corrected chi connectivity index (χ2v) is 10.8. The van der Waals surface area contributed by atoms with Gasteiger partial charge in [-0.1, -0.05) is 25.1 Å². The lowest BCUT2D eigenvalue weighted by Crippen LogP contribution is -2.47. The predicted octanol–water partition coefficient (Wildman–Crippen LogP) is 3.66. The van der Waals surface area contributed by atoms with Crippen molar-refractivity contribution in [3.63, 3.8) is 0 Å². The number of rotatable bonds is 12. The summed E-state index contributed by atoms with van der Waals surface area (Å²) in [6.45, 7) is 11.3. The van der Waals surface area contributed by atoms with Gasteiger partial charge < -0.3 is 13.9 Å². The minimum Gasteiger partial charge on any atom is -0.308 e. The van der Waals surface area contributed by atoms with Crippen molar-refractivity contribution in [3.8, 4) is 0 Å². The molecule has 160 valence electrons. The van der Waals surface area contributed by atoms with Crippen LogP contribution in [0.2, 0.25) is 0 Å². The molecule has 6 nitrogen and oxygen atoms in total. The first-order valence-corrected chi connectivity index (χ1v) is 13.3. The summed E-state index contributed by atoms with van der Waals surface area (Å²) in [4.78, 5) is 5.53. The van der Waals surface area contributed by atoms with Gasteiger partial charge in [-0.05, 0) is 44.9 Å². The van der Waals surface area contributed by atoms with Crippen LogP contribution in [0, 0.1) is 5.92 Å². The minimum atomic E-state index is -3.01. The molecule has 8 heteroatoms. The Balaban J connectivity index is 1.69. The standard InChI is InChI=1S/C20H35N2O4PS/c1-4-25-27(23,26-5-2)18-22-15-13-21(14-16-22)12-11-19(3)17-28(24)20-9-7-6-8-10-20/h6-10,19H,4-5,11-18H2,1-3H3/t19-,28?/m1/s1. The van der Waals surface area contributed by atoms with Gasteiger partial charge in [0.25, 0.3) is 0 Å². The Bertz CT molecular complexity index is 628. The van der Waals surface area contributed by atoms with Gasteiger partial charge in [-0.25, -0.2) is 0 Å². The zero-order valence-electron chi connectivity index (χ0n) is 17.4. The van der Waals surface area contributed by atoms with Crippen molar-refractivity contribution in [2.24, 2.45) is 5.92 Å². The van der Waals surface area contributed by atoms with Gasteiger partial charge in [0.15, 0.2) is 0 Å². The van der Waals surface area contributed by atoms with E-state index in [9.17, 15) is 8.77 Å². The second-order valence-electron chi connectivity index (χ2n) is 7.27. The maximum atomic E-state index is 12.7. The van der Waals surface area contributed by atoms with Crippen molar-refractivity contribution in [2.75, 3.05) is 58.0 Å². The molecule has 2 atom stereocenters. The highest BCUT2D eigenvalue weighted by atomic mass is 32.2. The van der Waals surface area contributed by atoms with E-state index in [0.717, 1.165) is 44.0 Å². The summed E-state index contributed by atoms with van der Waals surface area (Å²) in [6.07, 6.45) is 1.41. The first-order valence-electron chi connectivity index (χ1n) is 10.2. The predicted molar refractivity (Wildman–Crippen MR) is 115 cm³/mol. The van der Waals surface area contributed by atoms with Crippen molar-refractivity contribution in [1.82, 2.24) is 9.80 Å². The fourth-order valence-corrected chi connectivity index (χ4v) is 6.46. The molecule has 1 aliphatic heterocycles. The summed E-state index contributed by atoms with van der Waals surface area (Å²) in [5, 5.41) is 0. The average Bonchev–Trinajstić information content (AvgIpc) is 2.68. The van der Waals surface area contributed by atoms with Gasteiger partial charge >= 0.3 is 7.60 Å². The molecule has 1 unspecified atom stereocenters. The topological polar surface area (TPSA) is 59.1 Å². The molecule has 0 radical (unpaired) electrons. The van der Waals surface area contributed by atoms with Gasteiger partial charge in [0.1, 0.15) is 6.29 Å². The maximum absolute atomic E-state index is 12.7. The molecule has 0 amide bonds. The largest absolute Gasteiger partial charge is 0.344 e. The van der Waals surface area contributed by atoms with Crippen LogP contribution < -0.4 is 0 Å². The summed E-state index contributed by atoms with van der Waals surface area (Å²) in [7, 11) is -3.94. The lowest BCUT2D eigenvalue weighted by atomic mass is 10.1. The summed E-state index contributed by atoms with van der Waals surface area (Å²) in [5.41, 5.74) is 0. The highest BCUT2D eigenvalue weighted by Crippen LogP contribution is 2.48. The molecule has 0 aromatic heterocycles. The quantitative estimate of drug-likeness (QED) is 0.472. The molecule has 1 heterocycles. The molecule has 1 saturated heterocycles. The van der Waals surface area contributed by atoms with E-state index in [1.165, 1.54) is 0 Å². The number of benzene rings is 1. The van der Waals surface area contributed by atoms with Crippen LogP contribution in [0.3, 0.4) is 0 Å². The van der Waals surface area contributed by atoms with E-state index in [0.29, 0.717) is 31.2 Å². The fraction of sp³-hybridized carbons (Fsp3) is 0.700. The maximum Gasteiger partial charge on any atom is 0.344 e. The van der Waals surface area contributed by atoms with Crippen molar-refractivity contribution in [2.45, 2.75) is 32.1 Å². The zero-order chi connectivity index (χ0) is 20.4. The van der Waals surface area contributed by atoms with E-state index in [4.69, 9.17) is 9.05 Å². The number of hydrogen-bond acceptors (Lipinski definition) is 6. The lowest BCUT2D eigenvalue weighted by Gasteiger charge is -2.36. The summed E-state index contributed by atoms with van der Waals surface area (Å²) < 4.78 is 35.9. The summed E-state index contributed by atoms with van der Waals surface area (Å²) in [5.74, 6) is 1.12. The monoisotopic (exact) mass is 430 g/mol. The molecule has 28 heavy (non-hydrogen) atoms. The SMILES string of the molecule is CCOP(=O)(CN1CCN(CC[C@@H](C)CS(=O)c2ccccc2)CC1)OCC. The Labute approximate surface area is 172 Å². The van der Waals surface area contributed by atoms with Gasteiger partial charge in [0.2, 0.25) is 0 Å². The third kappa shape index (κ3) is 8.05. The smallest absolute Gasteiger partial charge is 0.308 e. The number of piperazine rings is 1. The van der Waals surface area contributed by atoms with Crippen LogP contribution >= 0.6 is 7.60 Å². The van der Waals surface area contributed by atoms with E-state index in [-0.39, 0.29) is 0 Å². The zero-order valence-corrected chi connectivity index (χ0v) is 19.1. The van der Waals surface area contributed by atoms with Gasteiger partial charge in [0, 0.05) is 36.8 Å². The second kappa shape index (κ2) is 12.2. The van der Waals surface area contributed by atoms with Gasteiger partial charge in [-0.2, -0.15) is 0 Å².